The Kier molecular flexibility index (Phi) is 2.55. The summed E-state index contributed by atoms with van der Waals surface area (Å²) in [5.74, 6) is -0.0745. The lowest BCUT2D eigenvalue weighted by Crippen LogP contribution is -2.45. The highest BCUT2D eigenvalue weighted by Crippen LogP contribution is 2.32. The highest BCUT2D eigenvalue weighted by atomic mass is 16.2. The van der Waals surface area contributed by atoms with Crippen molar-refractivity contribution in [1.82, 2.24) is 10.2 Å². The summed E-state index contributed by atoms with van der Waals surface area (Å²) in [6, 6.07) is 5.23. The molecule has 1 aromatic rings. The van der Waals surface area contributed by atoms with Crippen LogP contribution in [-0.2, 0) is 11.3 Å². The number of nitrogens with two attached hydrogens (primary N) is 1. The van der Waals surface area contributed by atoms with Gasteiger partial charge >= 0.3 is 0 Å². The molecule has 0 spiro atoms. The van der Waals surface area contributed by atoms with Crippen molar-refractivity contribution in [3.8, 4) is 0 Å². The molecule has 1 atom stereocenters. The van der Waals surface area contributed by atoms with Crippen molar-refractivity contribution >= 4 is 17.5 Å². The molecule has 1 aromatic carbocycles. The van der Waals surface area contributed by atoms with Gasteiger partial charge in [0.1, 0.15) is 0 Å². The molecule has 2 heterocycles. The topological polar surface area (TPSA) is 75.4 Å². The van der Waals surface area contributed by atoms with Gasteiger partial charge in [0.25, 0.3) is 5.91 Å². The van der Waals surface area contributed by atoms with E-state index in [4.69, 9.17) is 5.73 Å². The van der Waals surface area contributed by atoms with E-state index in [1.54, 1.807) is 23.1 Å². The Hall–Kier alpha value is -2.30. The fourth-order valence-corrected chi connectivity index (χ4v) is 2.74. The number of nitrogens with zero attached hydrogens (tertiary/aromatic N) is 1. The predicted molar refractivity (Wildman–Crippen MR) is 71.0 cm³/mol. The van der Waals surface area contributed by atoms with Crippen LogP contribution in [0.15, 0.2) is 30.5 Å². The normalized spacial score (nSPS) is 22.4. The molecule has 1 unspecified atom stereocenters. The molecule has 5 nitrogen and oxygen atoms in total. The molecular weight excluding hydrogens is 242 g/mol. The van der Waals surface area contributed by atoms with Crippen LogP contribution in [0.2, 0.25) is 0 Å². The lowest BCUT2D eigenvalue weighted by Gasteiger charge is -2.32. The average Bonchev–Trinajstić information content (AvgIpc) is 2.69. The van der Waals surface area contributed by atoms with Crippen molar-refractivity contribution in [2.45, 2.75) is 25.4 Å². The van der Waals surface area contributed by atoms with Crippen LogP contribution in [0.3, 0.4) is 0 Å². The first-order valence-electron chi connectivity index (χ1n) is 6.25. The SMILES string of the molecule is C=C1NC(=O)CCC1N1Cc2c(N)cccc2C1=O. The first kappa shape index (κ1) is 11.8. The molecular formula is C14H15N3O2. The second kappa shape index (κ2) is 4.12. The summed E-state index contributed by atoms with van der Waals surface area (Å²) in [7, 11) is 0. The summed E-state index contributed by atoms with van der Waals surface area (Å²) >= 11 is 0. The summed E-state index contributed by atoms with van der Waals surface area (Å²) in [4.78, 5) is 25.4. The van der Waals surface area contributed by atoms with E-state index in [0.29, 0.717) is 36.3 Å². The average molecular weight is 257 g/mol. The number of piperidine rings is 1. The number of nitrogens with one attached hydrogen (secondary N) is 1. The number of nitrogen functional groups attached to an aromatic ring is 1. The summed E-state index contributed by atoms with van der Waals surface area (Å²) in [5, 5.41) is 2.71. The van der Waals surface area contributed by atoms with E-state index in [1.807, 2.05) is 0 Å². The van der Waals surface area contributed by atoms with Gasteiger partial charge in [-0.05, 0) is 18.6 Å². The maximum Gasteiger partial charge on any atom is 0.255 e. The smallest absolute Gasteiger partial charge is 0.255 e. The van der Waals surface area contributed by atoms with Crippen LogP contribution in [0, 0.1) is 0 Å². The predicted octanol–water partition coefficient (Wildman–Crippen LogP) is 1.02. The maximum atomic E-state index is 12.4. The molecule has 3 N–H and O–H groups in total. The largest absolute Gasteiger partial charge is 0.398 e. The van der Waals surface area contributed by atoms with Gasteiger partial charge in [-0.15, -0.1) is 0 Å². The Labute approximate surface area is 111 Å². The van der Waals surface area contributed by atoms with Crippen LogP contribution in [0.5, 0.6) is 0 Å². The molecule has 0 saturated carbocycles. The van der Waals surface area contributed by atoms with Gasteiger partial charge in [0.2, 0.25) is 5.91 Å². The Morgan fingerprint density at radius 3 is 2.84 bits per heavy atom. The first-order valence-corrected chi connectivity index (χ1v) is 6.25. The minimum absolute atomic E-state index is 0.0371. The molecule has 2 aliphatic rings. The highest BCUT2D eigenvalue weighted by molar-refractivity contribution is 6.00. The van der Waals surface area contributed by atoms with Crippen LogP contribution in [-0.4, -0.2) is 22.8 Å². The van der Waals surface area contributed by atoms with Crippen molar-refractivity contribution in [2.24, 2.45) is 0 Å². The molecule has 0 bridgehead atoms. The molecule has 19 heavy (non-hydrogen) atoms. The van der Waals surface area contributed by atoms with Gasteiger partial charge in [-0.1, -0.05) is 12.6 Å². The van der Waals surface area contributed by atoms with E-state index in [2.05, 4.69) is 11.9 Å². The number of benzene rings is 1. The van der Waals surface area contributed by atoms with Crippen molar-refractivity contribution in [3.63, 3.8) is 0 Å². The molecule has 0 radical (unpaired) electrons. The van der Waals surface area contributed by atoms with Crippen molar-refractivity contribution < 1.29 is 9.59 Å². The molecule has 2 amide bonds. The summed E-state index contributed by atoms with van der Waals surface area (Å²) in [5.41, 5.74) is 8.67. The third kappa shape index (κ3) is 1.78. The summed E-state index contributed by atoms with van der Waals surface area (Å²) in [6.45, 7) is 4.34. The number of hydrogen-bond acceptors (Lipinski definition) is 3. The van der Waals surface area contributed by atoms with Gasteiger partial charge in [-0.3, -0.25) is 9.59 Å². The van der Waals surface area contributed by atoms with Gasteiger partial charge in [0.15, 0.2) is 0 Å². The Balaban J connectivity index is 1.90. The maximum absolute atomic E-state index is 12.4. The van der Waals surface area contributed by atoms with Gasteiger partial charge in [0.05, 0.1) is 6.04 Å². The van der Waals surface area contributed by atoms with Gasteiger partial charge < -0.3 is 16.0 Å². The van der Waals surface area contributed by atoms with Gasteiger partial charge in [0, 0.05) is 35.5 Å². The molecule has 98 valence electrons. The minimum Gasteiger partial charge on any atom is -0.398 e. The van der Waals surface area contributed by atoms with E-state index >= 15 is 0 Å². The van der Waals surface area contributed by atoms with E-state index in [-0.39, 0.29) is 17.9 Å². The van der Waals surface area contributed by atoms with Gasteiger partial charge in [-0.2, -0.15) is 0 Å². The van der Waals surface area contributed by atoms with E-state index in [0.717, 1.165) is 5.56 Å². The number of carbonyl (C=O) groups excluding carboxylic acids is 2. The van der Waals surface area contributed by atoms with E-state index < -0.39 is 0 Å². The first-order chi connectivity index (χ1) is 9.08. The number of amides is 2. The molecule has 1 saturated heterocycles. The van der Waals surface area contributed by atoms with Crippen LogP contribution in [0.1, 0.15) is 28.8 Å². The van der Waals surface area contributed by atoms with Crippen LogP contribution < -0.4 is 11.1 Å². The molecule has 0 aromatic heterocycles. The highest BCUT2D eigenvalue weighted by Gasteiger charge is 2.36. The van der Waals surface area contributed by atoms with Crippen molar-refractivity contribution in [3.05, 3.63) is 41.6 Å². The van der Waals surface area contributed by atoms with Crippen molar-refractivity contribution in [1.29, 1.82) is 0 Å². The zero-order valence-electron chi connectivity index (χ0n) is 10.5. The molecule has 1 fully saturated rings. The lowest BCUT2D eigenvalue weighted by molar-refractivity contribution is -0.121. The fraction of sp³-hybridized carbons (Fsp3) is 0.286. The monoisotopic (exact) mass is 257 g/mol. The van der Waals surface area contributed by atoms with Crippen LogP contribution >= 0.6 is 0 Å². The quantitative estimate of drug-likeness (QED) is 0.737. The number of anilines is 1. The molecule has 5 heteroatoms. The zero-order valence-corrected chi connectivity index (χ0v) is 10.5. The molecule has 0 aliphatic carbocycles. The minimum atomic E-state index is -0.142. The third-order valence-electron chi connectivity index (χ3n) is 3.76. The standard InChI is InChI=1S/C14H15N3O2/c1-8-12(5-6-13(18)16-8)17-7-10-9(14(17)19)3-2-4-11(10)15/h2-4,12H,1,5-7,15H2,(H,16,18). The lowest BCUT2D eigenvalue weighted by atomic mass is 10.0. The number of carbonyl (C=O) groups is 2. The Bertz CT molecular complexity index is 594. The van der Waals surface area contributed by atoms with E-state index in [1.165, 1.54) is 0 Å². The second-order valence-corrected chi connectivity index (χ2v) is 4.93. The fourth-order valence-electron chi connectivity index (χ4n) is 2.74. The summed E-state index contributed by atoms with van der Waals surface area (Å²) < 4.78 is 0. The zero-order chi connectivity index (χ0) is 13.6. The number of rotatable bonds is 1. The molecule has 2 aliphatic heterocycles. The van der Waals surface area contributed by atoms with E-state index in [9.17, 15) is 9.59 Å². The third-order valence-corrected chi connectivity index (χ3v) is 3.76. The second-order valence-electron chi connectivity index (χ2n) is 4.93. The number of fused-ring (bicyclic) bond motifs is 1. The van der Waals surface area contributed by atoms with Crippen molar-refractivity contribution in [2.75, 3.05) is 5.73 Å². The van der Waals surface area contributed by atoms with Crippen LogP contribution in [0.4, 0.5) is 5.69 Å². The Morgan fingerprint density at radius 1 is 1.37 bits per heavy atom. The number of hydrogen-bond donors (Lipinski definition) is 2. The van der Waals surface area contributed by atoms with Crippen LogP contribution in [0.25, 0.3) is 0 Å². The summed E-state index contributed by atoms with van der Waals surface area (Å²) in [6.07, 6.45) is 1.03. The Morgan fingerprint density at radius 2 is 2.16 bits per heavy atom. The molecule has 3 rings (SSSR count). The van der Waals surface area contributed by atoms with Gasteiger partial charge in [-0.25, -0.2) is 0 Å².